The van der Waals surface area contributed by atoms with E-state index in [0.717, 1.165) is 38.3 Å². The summed E-state index contributed by atoms with van der Waals surface area (Å²) in [6.07, 6.45) is 4.98. The molecule has 2 N–H and O–H groups in total. The minimum absolute atomic E-state index is 0.0582. The molecular formula is C16H24ClN5O4. The smallest absolute Gasteiger partial charge is 0.407 e. The Hall–Kier alpha value is -2.16. The molecule has 0 saturated heterocycles. The largest absolute Gasteiger partial charge is 0.444 e. The molecule has 0 bridgehead atoms. The van der Waals surface area contributed by atoms with Crippen LogP contribution in [0.3, 0.4) is 0 Å². The van der Waals surface area contributed by atoms with Crippen molar-refractivity contribution in [3.05, 3.63) is 21.6 Å². The summed E-state index contributed by atoms with van der Waals surface area (Å²) in [6.45, 7) is 5.62. The summed E-state index contributed by atoms with van der Waals surface area (Å²) >= 11 is 5.81. The van der Waals surface area contributed by atoms with Gasteiger partial charge in [0, 0.05) is 6.54 Å². The SMILES string of the molecule is CC(C)(C)OC(=O)NCC1(Nc2nc(Cl)ncc2[N+](=O)[O-])CCCCC1. The molecule has 1 amide bonds. The first-order valence-corrected chi connectivity index (χ1v) is 8.90. The first-order valence-electron chi connectivity index (χ1n) is 8.52. The zero-order valence-corrected chi connectivity index (χ0v) is 15.9. The lowest BCUT2D eigenvalue weighted by Crippen LogP contribution is -2.51. The van der Waals surface area contributed by atoms with E-state index in [1.54, 1.807) is 20.8 Å². The predicted octanol–water partition coefficient (Wildman–Crippen LogP) is 3.68. The second-order valence-corrected chi connectivity index (χ2v) is 7.79. The number of aromatic nitrogens is 2. The number of nitro groups is 1. The highest BCUT2D eigenvalue weighted by Gasteiger charge is 2.35. The number of carbonyl (C=O) groups excluding carboxylic acids is 1. The summed E-state index contributed by atoms with van der Waals surface area (Å²) in [5.41, 5.74) is -1.41. The summed E-state index contributed by atoms with van der Waals surface area (Å²) < 4.78 is 5.27. The topological polar surface area (TPSA) is 119 Å². The zero-order chi connectivity index (χ0) is 19.4. The molecule has 2 rings (SSSR count). The maximum atomic E-state index is 12.0. The number of ether oxygens (including phenoxy) is 1. The van der Waals surface area contributed by atoms with E-state index >= 15 is 0 Å². The van der Waals surface area contributed by atoms with Crippen LogP contribution in [-0.4, -0.2) is 38.7 Å². The molecule has 0 aliphatic heterocycles. The minimum atomic E-state index is -0.601. The van der Waals surface area contributed by atoms with Gasteiger partial charge in [0.1, 0.15) is 11.8 Å². The first kappa shape index (κ1) is 20.2. The lowest BCUT2D eigenvalue weighted by Gasteiger charge is -2.38. The Morgan fingerprint density at radius 1 is 1.38 bits per heavy atom. The van der Waals surface area contributed by atoms with Crippen molar-refractivity contribution >= 4 is 29.2 Å². The molecular weight excluding hydrogens is 362 g/mol. The van der Waals surface area contributed by atoms with Crippen molar-refractivity contribution in [2.24, 2.45) is 0 Å². The van der Waals surface area contributed by atoms with Gasteiger partial charge in [-0.2, -0.15) is 4.98 Å². The Kier molecular flexibility index (Phi) is 6.22. The average Bonchev–Trinajstić information content (AvgIpc) is 2.52. The van der Waals surface area contributed by atoms with E-state index in [9.17, 15) is 14.9 Å². The number of alkyl carbamates (subject to hydrolysis) is 1. The third-order valence-corrected chi connectivity index (χ3v) is 4.28. The third kappa shape index (κ3) is 5.69. The van der Waals surface area contributed by atoms with E-state index in [1.165, 1.54) is 0 Å². The van der Waals surface area contributed by atoms with Gasteiger partial charge in [-0.25, -0.2) is 9.78 Å². The number of anilines is 1. The van der Waals surface area contributed by atoms with Crippen LogP contribution in [0.4, 0.5) is 16.3 Å². The molecule has 0 aromatic carbocycles. The minimum Gasteiger partial charge on any atom is -0.444 e. The van der Waals surface area contributed by atoms with Crippen molar-refractivity contribution in [3.8, 4) is 0 Å². The molecule has 9 nitrogen and oxygen atoms in total. The molecule has 1 aromatic heterocycles. The molecule has 10 heteroatoms. The lowest BCUT2D eigenvalue weighted by atomic mass is 9.81. The van der Waals surface area contributed by atoms with Gasteiger partial charge in [-0.05, 0) is 45.2 Å². The van der Waals surface area contributed by atoms with Gasteiger partial charge in [-0.1, -0.05) is 19.3 Å². The van der Waals surface area contributed by atoms with Crippen molar-refractivity contribution in [2.75, 3.05) is 11.9 Å². The molecule has 1 aliphatic rings. The summed E-state index contributed by atoms with van der Waals surface area (Å²) in [6, 6.07) is 0. The number of carbonyl (C=O) groups is 1. The molecule has 1 fully saturated rings. The van der Waals surface area contributed by atoms with Gasteiger partial charge >= 0.3 is 11.8 Å². The molecule has 0 spiro atoms. The highest BCUT2D eigenvalue weighted by Crippen LogP contribution is 2.34. The van der Waals surface area contributed by atoms with Gasteiger partial charge < -0.3 is 15.4 Å². The Morgan fingerprint density at radius 3 is 2.62 bits per heavy atom. The predicted molar refractivity (Wildman–Crippen MR) is 97.4 cm³/mol. The van der Waals surface area contributed by atoms with Crippen molar-refractivity contribution < 1.29 is 14.5 Å². The summed E-state index contributed by atoms with van der Waals surface area (Å²) in [5, 5.41) is 17.1. The van der Waals surface area contributed by atoms with E-state index in [-0.39, 0.29) is 23.3 Å². The number of halogens is 1. The molecule has 1 aromatic rings. The van der Waals surface area contributed by atoms with Crippen LogP contribution in [0.1, 0.15) is 52.9 Å². The van der Waals surface area contributed by atoms with Crippen molar-refractivity contribution in [1.29, 1.82) is 0 Å². The van der Waals surface area contributed by atoms with Gasteiger partial charge in [-0.15, -0.1) is 0 Å². The highest BCUT2D eigenvalue weighted by molar-refractivity contribution is 6.28. The van der Waals surface area contributed by atoms with Crippen molar-refractivity contribution in [1.82, 2.24) is 15.3 Å². The van der Waals surface area contributed by atoms with Crippen LogP contribution >= 0.6 is 11.6 Å². The Balaban J connectivity index is 2.18. The molecule has 0 radical (unpaired) electrons. The van der Waals surface area contributed by atoms with E-state index in [1.807, 2.05) is 0 Å². The molecule has 144 valence electrons. The second-order valence-electron chi connectivity index (χ2n) is 7.45. The first-order chi connectivity index (χ1) is 12.1. The normalized spacial score (nSPS) is 16.6. The second kappa shape index (κ2) is 8.03. The van der Waals surface area contributed by atoms with Gasteiger partial charge in [0.2, 0.25) is 11.1 Å². The van der Waals surface area contributed by atoms with Crippen LogP contribution in [-0.2, 0) is 4.74 Å². The van der Waals surface area contributed by atoms with Crippen LogP contribution in [0, 0.1) is 10.1 Å². The third-order valence-electron chi connectivity index (χ3n) is 4.10. The van der Waals surface area contributed by atoms with Gasteiger partial charge in [-0.3, -0.25) is 10.1 Å². The fourth-order valence-electron chi connectivity index (χ4n) is 2.96. The van der Waals surface area contributed by atoms with Gasteiger partial charge in [0.05, 0.1) is 10.5 Å². The number of hydrogen-bond acceptors (Lipinski definition) is 7. The quantitative estimate of drug-likeness (QED) is 0.450. The van der Waals surface area contributed by atoms with Crippen LogP contribution in [0.15, 0.2) is 6.20 Å². The highest BCUT2D eigenvalue weighted by atomic mass is 35.5. The lowest BCUT2D eigenvalue weighted by molar-refractivity contribution is -0.384. The molecule has 1 aliphatic carbocycles. The average molecular weight is 386 g/mol. The van der Waals surface area contributed by atoms with E-state index in [0.29, 0.717) is 0 Å². The standard InChI is InChI=1S/C16H24ClN5O4/c1-15(2,3)26-14(23)19-10-16(7-5-4-6-8-16)21-12-11(22(24)25)9-18-13(17)20-12/h9H,4-8,10H2,1-3H3,(H,19,23)(H,18,20,21). The van der Waals surface area contributed by atoms with Crippen LogP contribution in [0.5, 0.6) is 0 Å². The van der Waals surface area contributed by atoms with Crippen LogP contribution < -0.4 is 10.6 Å². The maximum Gasteiger partial charge on any atom is 0.407 e. The Labute approximate surface area is 157 Å². The number of nitrogens with zero attached hydrogens (tertiary/aromatic N) is 3. The number of amides is 1. The fourth-order valence-corrected chi connectivity index (χ4v) is 3.09. The molecule has 1 saturated carbocycles. The van der Waals surface area contributed by atoms with Gasteiger partial charge in [0.25, 0.3) is 0 Å². The Bertz CT molecular complexity index is 671. The van der Waals surface area contributed by atoms with E-state index in [4.69, 9.17) is 16.3 Å². The molecule has 0 unspecified atom stereocenters. The summed E-state index contributed by atoms with van der Waals surface area (Å²) in [7, 11) is 0. The molecule has 0 atom stereocenters. The number of nitrogens with one attached hydrogen (secondary N) is 2. The summed E-state index contributed by atoms with van der Waals surface area (Å²) in [5.74, 6) is 0.0582. The monoisotopic (exact) mass is 385 g/mol. The van der Waals surface area contributed by atoms with Crippen molar-refractivity contribution in [3.63, 3.8) is 0 Å². The van der Waals surface area contributed by atoms with Gasteiger partial charge in [0.15, 0.2) is 0 Å². The fraction of sp³-hybridized carbons (Fsp3) is 0.688. The number of hydrogen-bond donors (Lipinski definition) is 2. The Morgan fingerprint density at radius 2 is 2.04 bits per heavy atom. The number of rotatable bonds is 5. The maximum absolute atomic E-state index is 12.0. The molecule has 26 heavy (non-hydrogen) atoms. The zero-order valence-electron chi connectivity index (χ0n) is 15.2. The van der Waals surface area contributed by atoms with Crippen LogP contribution in [0.25, 0.3) is 0 Å². The van der Waals surface area contributed by atoms with Crippen LogP contribution in [0.2, 0.25) is 5.28 Å². The molecule has 1 heterocycles. The van der Waals surface area contributed by atoms with E-state index < -0.39 is 22.2 Å². The van der Waals surface area contributed by atoms with Crippen molar-refractivity contribution in [2.45, 2.75) is 64.0 Å². The van der Waals surface area contributed by atoms with E-state index in [2.05, 4.69) is 20.6 Å². The summed E-state index contributed by atoms with van der Waals surface area (Å²) in [4.78, 5) is 30.4.